The Morgan fingerprint density at radius 1 is 1.39 bits per heavy atom. The molecule has 2 N–H and O–H groups in total. The summed E-state index contributed by atoms with van der Waals surface area (Å²) in [5.41, 5.74) is 8.20. The maximum Gasteiger partial charge on any atom is 0.0371 e. The molecule has 1 aliphatic heterocycles. The topological polar surface area (TPSA) is 32.5 Å². The summed E-state index contributed by atoms with van der Waals surface area (Å²) >= 11 is 3.45. The smallest absolute Gasteiger partial charge is 0.0371 e. The second-order valence-electron chi connectivity index (χ2n) is 5.28. The maximum absolute atomic E-state index is 6.08. The Hall–Kier alpha value is -0.580. The molecule has 0 bridgehead atoms. The van der Waals surface area contributed by atoms with E-state index in [1.807, 2.05) is 6.07 Å². The van der Waals surface area contributed by atoms with Crippen molar-refractivity contribution in [2.24, 2.45) is 0 Å². The fraction of sp³-hybridized carbons (Fsp3) is 0.571. The second kappa shape index (κ2) is 6.04. The average Bonchev–Trinajstić information content (AvgIpc) is 2.44. The molecular weight excluding hydrogens is 290 g/mol. The highest BCUT2D eigenvalue weighted by atomic mass is 79.9. The highest BCUT2D eigenvalue weighted by Gasteiger charge is 2.20. The molecule has 0 amide bonds. The zero-order valence-electron chi connectivity index (χ0n) is 11.2. The van der Waals surface area contributed by atoms with Crippen molar-refractivity contribution in [3.05, 3.63) is 28.2 Å². The quantitative estimate of drug-likeness (QED) is 0.852. The van der Waals surface area contributed by atoms with Crippen LogP contribution in [0.3, 0.4) is 0 Å². The Balaban J connectivity index is 2.07. The number of nitrogen functional groups attached to an aromatic ring is 1. The van der Waals surface area contributed by atoms with Gasteiger partial charge in [-0.1, -0.05) is 22.0 Å². The number of hydrogen-bond donors (Lipinski definition) is 1. The van der Waals surface area contributed by atoms with E-state index in [1.165, 1.54) is 18.5 Å². The number of halogens is 1. The highest BCUT2D eigenvalue weighted by Crippen LogP contribution is 2.21. The Morgan fingerprint density at radius 2 is 2.17 bits per heavy atom. The van der Waals surface area contributed by atoms with Crippen LogP contribution in [-0.2, 0) is 6.54 Å². The van der Waals surface area contributed by atoms with Crippen molar-refractivity contribution in [1.29, 1.82) is 0 Å². The number of benzene rings is 1. The van der Waals surface area contributed by atoms with Gasteiger partial charge in [-0.15, -0.1) is 0 Å². The summed E-state index contributed by atoms with van der Waals surface area (Å²) < 4.78 is 1.05. The molecule has 1 unspecified atom stereocenters. The first kappa shape index (κ1) is 13.8. The number of rotatable bonds is 2. The van der Waals surface area contributed by atoms with Crippen LogP contribution in [0.2, 0.25) is 0 Å². The standard InChI is InChI=1S/C14H22BrN3/c1-11-9-17(2)6-3-7-18(11)10-12-4-5-13(15)8-14(12)16/h4-5,8,11H,3,6-7,9-10,16H2,1-2H3. The molecule has 1 aromatic carbocycles. The van der Waals surface area contributed by atoms with Crippen molar-refractivity contribution >= 4 is 21.6 Å². The van der Waals surface area contributed by atoms with Crippen molar-refractivity contribution in [3.63, 3.8) is 0 Å². The summed E-state index contributed by atoms with van der Waals surface area (Å²) in [6.45, 7) is 6.74. The SMILES string of the molecule is CC1CN(C)CCCN1Cc1ccc(Br)cc1N. The van der Waals surface area contributed by atoms with Crippen LogP contribution in [-0.4, -0.2) is 42.5 Å². The first-order valence-electron chi connectivity index (χ1n) is 6.53. The fourth-order valence-electron chi connectivity index (χ4n) is 2.59. The minimum Gasteiger partial charge on any atom is -0.398 e. The van der Waals surface area contributed by atoms with E-state index in [0.29, 0.717) is 6.04 Å². The van der Waals surface area contributed by atoms with Gasteiger partial charge in [0.1, 0.15) is 0 Å². The Kier molecular flexibility index (Phi) is 4.65. The lowest BCUT2D eigenvalue weighted by molar-refractivity contribution is 0.195. The summed E-state index contributed by atoms with van der Waals surface area (Å²) in [6.07, 6.45) is 1.23. The largest absolute Gasteiger partial charge is 0.398 e. The van der Waals surface area contributed by atoms with Crippen molar-refractivity contribution in [3.8, 4) is 0 Å². The van der Waals surface area contributed by atoms with Gasteiger partial charge >= 0.3 is 0 Å². The maximum atomic E-state index is 6.08. The molecule has 3 nitrogen and oxygen atoms in total. The molecule has 1 saturated heterocycles. The summed E-state index contributed by atoms with van der Waals surface area (Å²) in [5.74, 6) is 0. The van der Waals surface area contributed by atoms with Crippen LogP contribution in [0.1, 0.15) is 18.9 Å². The summed E-state index contributed by atoms with van der Waals surface area (Å²) in [4.78, 5) is 4.94. The number of nitrogens with two attached hydrogens (primary N) is 1. The van der Waals surface area contributed by atoms with E-state index in [9.17, 15) is 0 Å². The number of likely N-dealkylation sites (N-methyl/N-ethyl adjacent to an activating group) is 1. The second-order valence-corrected chi connectivity index (χ2v) is 6.19. The van der Waals surface area contributed by atoms with Crippen molar-refractivity contribution in [2.75, 3.05) is 32.4 Å². The first-order valence-corrected chi connectivity index (χ1v) is 7.32. The van der Waals surface area contributed by atoms with Crippen molar-refractivity contribution < 1.29 is 0 Å². The summed E-state index contributed by atoms with van der Waals surface area (Å²) in [7, 11) is 2.20. The molecule has 0 aromatic heterocycles. The molecule has 1 aliphatic rings. The third kappa shape index (κ3) is 3.46. The van der Waals surface area contributed by atoms with Gasteiger partial charge in [-0.25, -0.2) is 0 Å². The average molecular weight is 312 g/mol. The fourth-order valence-corrected chi connectivity index (χ4v) is 2.96. The molecule has 2 rings (SSSR count). The van der Waals surface area contributed by atoms with Crippen LogP contribution >= 0.6 is 15.9 Å². The molecule has 1 atom stereocenters. The van der Waals surface area contributed by atoms with E-state index >= 15 is 0 Å². The molecule has 18 heavy (non-hydrogen) atoms. The lowest BCUT2D eigenvalue weighted by Gasteiger charge is -2.28. The van der Waals surface area contributed by atoms with Crippen LogP contribution in [0.4, 0.5) is 5.69 Å². The third-order valence-corrected chi connectivity index (χ3v) is 4.16. The van der Waals surface area contributed by atoms with Crippen molar-refractivity contribution in [1.82, 2.24) is 9.80 Å². The van der Waals surface area contributed by atoms with Crippen molar-refractivity contribution in [2.45, 2.75) is 25.9 Å². The molecular formula is C14H22BrN3. The van der Waals surface area contributed by atoms with E-state index < -0.39 is 0 Å². The van der Waals surface area contributed by atoms with Gasteiger partial charge in [0.25, 0.3) is 0 Å². The Labute approximate surface area is 118 Å². The van der Waals surface area contributed by atoms with Crippen LogP contribution in [0.5, 0.6) is 0 Å². The molecule has 0 aliphatic carbocycles. The molecule has 0 radical (unpaired) electrons. The van der Waals surface area contributed by atoms with Crippen LogP contribution in [0.15, 0.2) is 22.7 Å². The van der Waals surface area contributed by atoms with E-state index in [1.54, 1.807) is 0 Å². The number of hydrogen-bond acceptors (Lipinski definition) is 3. The van der Waals surface area contributed by atoms with E-state index in [4.69, 9.17) is 5.73 Å². The highest BCUT2D eigenvalue weighted by molar-refractivity contribution is 9.10. The molecule has 1 aromatic rings. The van der Waals surface area contributed by atoms with Gasteiger partial charge in [-0.3, -0.25) is 4.90 Å². The molecule has 0 spiro atoms. The Bertz CT molecular complexity index is 408. The van der Waals surface area contributed by atoms with Gasteiger partial charge in [0.2, 0.25) is 0 Å². The van der Waals surface area contributed by atoms with Crippen LogP contribution in [0, 0.1) is 0 Å². The van der Waals surface area contributed by atoms with E-state index in [2.05, 4.69) is 51.8 Å². The zero-order valence-corrected chi connectivity index (χ0v) is 12.8. The predicted octanol–water partition coefficient (Wildman–Crippen LogP) is 2.56. The van der Waals surface area contributed by atoms with Gasteiger partial charge in [-0.05, 0) is 44.6 Å². The molecule has 1 fully saturated rings. The first-order chi connectivity index (χ1) is 8.56. The van der Waals surface area contributed by atoms with Gasteiger partial charge < -0.3 is 10.6 Å². The van der Waals surface area contributed by atoms with E-state index in [-0.39, 0.29) is 0 Å². The molecule has 4 heteroatoms. The van der Waals surface area contributed by atoms with Crippen LogP contribution in [0.25, 0.3) is 0 Å². The van der Waals surface area contributed by atoms with E-state index in [0.717, 1.165) is 29.8 Å². The lowest BCUT2D eigenvalue weighted by atomic mass is 10.1. The normalized spacial score (nSPS) is 22.9. The molecule has 1 heterocycles. The monoisotopic (exact) mass is 311 g/mol. The summed E-state index contributed by atoms with van der Waals surface area (Å²) in [6, 6.07) is 6.77. The van der Waals surface area contributed by atoms with Gasteiger partial charge in [0.05, 0.1) is 0 Å². The third-order valence-electron chi connectivity index (χ3n) is 3.67. The minimum atomic E-state index is 0.584. The zero-order chi connectivity index (χ0) is 13.1. The van der Waals surface area contributed by atoms with Gasteiger partial charge in [0.15, 0.2) is 0 Å². The Morgan fingerprint density at radius 3 is 2.89 bits per heavy atom. The lowest BCUT2D eigenvalue weighted by Crippen LogP contribution is -2.37. The number of nitrogens with zero attached hydrogens (tertiary/aromatic N) is 2. The summed E-state index contributed by atoms with van der Waals surface area (Å²) in [5, 5.41) is 0. The molecule has 0 saturated carbocycles. The predicted molar refractivity (Wildman–Crippen MR) is 80.5 cm³/mol. The number of anilines is 1. The van der Waals surface area contributed by atoms with Gasteiger partial charge in [-0.2, -0.15) is 0 Å². The minimum absolute atomic E-state index is 0.584. The van der Waals surface area contributed by atoms with Gasteiger partial charge in [0, 0.05) is 35.8 Å². The van der Waals surface area contributed by atoms with Crippen LogP contribution < -0.4 is 5.73 Å². The molecule has 100 valence electrons.